The summed E-state index contributed by atoms with van der Waals surface area (Å²) in [6.45, 7) is 0. The molecule has 0 saturated carbocycles. The number of hydrogen-bond acceptors (Lipinski definition) is 4. The summed E-state index contributed by atoms with van der Waals surface area (Å²) >= 11 is 0. The van der Waals surface area contributed by atoms with Gasteiger partial charge in [-0.3, -0.25) is 4.72 Å². The predicted octanol–water partition coefficient (Wildman–Crippen LogP) is 0.909. The normalized spacial score (nSPS) is 11.1. The van der Waals surface area contributed by atoms with Crippen LogP contribution in [0.3, 0.4) is 0 Å². The zero-order valence-corrected chi connectivity index (χ0v) is 9.81. The molecule has 0 aromatic carbocycles. The molecule has 2 rings (SSSR count). The zero-order valence-electron chi connectivity index (χ0n) is 8.99. The molecule has 0 bridgehead atoms. The lowest BCUT2D eigenvalue weighted by molar-refractivity contribution is 0.0697. The van der Waals surface area contributed by atoms with E-state index < -0.39 is 16.0 Å². The molecule has 7 nitrogen and oxygen atoms in total. The Labute approximate surface area is 103 Å². The average molecular weight is 267 g/mol. The van der Waals surface area contributed by atoms with Gasteiger partial charge in [0.1, 0.15) is 10.7 Å². The van der Waals surface area contributed by atoms with Gasteiger partial charge in [0.25, 0.3) is 10.0 Å². The fourth-order valence-electron chi connectivity index (χ4n) is 1.29. The van der Waals surface area contributed by atoms with Crippen molar-refractivity contribution < 1.29 is 18.3 Å². The van der Waals surface area contributed by atoms with Gasteiger partial charge in [-0.15, -0.1) is 0 Å². The molecule has 8 heteroatoms. The number of anilines is 1. The fourth-order valence-corrected chi connectivity index (χ4v) is 2.27. The van der Waals surface area contributed by atoms with Crippen molar-refractivity contribution in [3.05, 3.63) is 42.4 Å². The number of nitrogens with one attached hydrogen (secondary N) is 2. The number of pyridine rings is 1. The number of carboxylic acid groups (broad SMARTS) is 1. The average Bonchev–Trinajstić information content (AvgIpc) is 2.82. The van der Waals surface area contributed by atoms with Gasteiger partial charge < -0.3 is 10.1 Å². The number of nitrogens with zero attached hydrogens (tertiary/aromatic N) is 1. The van der Waals surface area contributed by atoms with Crippen LogP contribution in [0.5, 0.6) is 0 Å². The highest BCUT2D eigenvalue weighted by Crippen LogP contribution is 2.14. The van der Waals surface area contributed by atoms with Crippen LogP contribution in [0.1, 0.15) is 10.4 Å². The highest BCUT2D eigenvalue weighted by molar-refractivity contribution is 7.92. The Hall–Kier alpha value is -2.35. The van der Waals surface area contributed by atoms with Crippen molar-refractivity contribution in [2.24, 2.45) is 0 Å². The molecule has 0 atom stereocenters. The van der Waals surface area contributed by atoms with Crippen molar-refractivity contribution in [1.29, 1.82) is 0 Å². The molecule has 0 spiro atoms. The molecular weight excluding hydrogens is 258 g/mol. The molecule has 0 aliphatic carbocycles. The zero-order chi connectivity index (χ0) is 13.2. The Morgan fingerprint density at radius 2 is 2.17 bits per heavy atom. The summed E-state index contributed by atoms with van der Waals surface area (Å²) in [4.78, 5) is 17.2. The van der Waals surface area contributed by atoms with Crippen LogP contribution in [0.25, 0.3) is 0 Å². The van der Waals surface area contributed by atoms with E-state index in [1.165, 1.54) is 30.7 Å². The highest BCUT2D eigenvalue weighted by Gasteiger charge is 2.15. The molecule has 0 amide bonds. The molecule has 94 valence electrons. The van der Waals surface area contributed by atoms with Gasteiger partial charge in [-0.25, -0.2) is 18.2 Å². The minimum atomic E-state index is -3.75. The van der Waals surface area contributed by atoms with Crippen LogP contribution >= 0.6 is 0 Å². The molecule has 18 heavy (non-hydrogen) atoms. The van der Waals surface area contributed by atoms with Crippen LogP contribution in [0.15, 0.2) is 41.7 Å². The van der Waals surface area contributed by atoms with Crippen LogP contribution in [-0.4, -0.2) is 29.5 Å². The highest BCUT2D eigenvalue weighted by atomic mass is 32.2. The summed E-state index contributed by atoms with van der Waals surface area (Å²) in [5.74, 6) is -1.20. The molecule has 0 fully saturated rings. The number of aromatic carboxylic acids is 1. The summed E-state index contributed by atoms with van der Waals surface area (Å²) in [7, 11) is -3.75. The number of H-pyrrole nitrogens is 1. The van der Waals surface area contributed by atoms with E-state index in [4.69, 9.17) is 5.11 Å². The molecule has 2 aromatic rings. The third-order valence-corrected chi connectivity index (χ3v) is 3.48. The van der Waals surface area contributed by atoms with Gasteiger partial charge in [0, 0.05) is 18.6 Å². The van der Waals surface area contributed by atoms with Gasteiger partial charge in [-0.1, -0.05) is 0 Å². The first-order chi connectivity index (χ1) is 8.49. The number of rotatable bonds is 4. The van der Waals surface area contributed by atoms with Gasteiger partial charge in [0.2, 0.25) is 0 Å². The largest absolute Gasteiger partial charge is 0.478 e. The lowest BCUT2D eigenvalue weighted by atomic mass is 10.3. The molecular formula is C10H9N3O4S. The van der Waals surface area contributed by atoms with Crippen LogP contribution in [0.2, 0.25) is 0 Å². The summed E-state index contributed by atoms with van der Waals surface area (Å²) in [5, 5.41) is 8.78. The van der Waals surface area contributed by atoms with E-state index in [0.29, 0.717) is 0 Å². The molecule has 2 heterocycles. The summed E-state index contributed by atoms with van der Waals surface area (Å²) in [5.41, 5.74) is -0.0447. The SMILES string of the molecule is O=C(O)c1ccnc(NS(=O)(=O)c2cc[nH]c2)c1. The topological polar surface area (TPSA) is 112 Å². The standard InChI is InChI=1S/C10H9N3O4S/c14-10(15)7-1-4-12-9(5-7)13-18(16,17)8-2-3-11-6-8/h1-6,11H,(H,12,13)(H,14,15). The lowest BCUT2D eigenvalue weighted by Crippen LogP contribution is -2.13. The number of hydrogen-bond donors (Lipinski definition) is 3. The van der Waals surface area contributed by atoms with Gasteiger partial charge >= 0.3 is 5.97 Å². The van der Waals surface area contributed by atoms with Crippen LogP contribution in [-0.2, 0) is 10.0 Å². The molecule has 2 aromatic heterocycles. The fraction of sp³-hybridized carbons (Fsp3) is 0. The number of sulfonamides is 1. The summed E-state index contributed by atoms with van der Waals surface area (Å²) in [6.07, 6.45) is 4.00. The Morgan fingerprint density at radius 1 is 1.39 bits per heavy atom. The van der Waals surface area contributed by atoms with E-state index in [1.807, 2.05) is 0 Å². The Kier molecular flexibility index (Phi) is 3.02. The maximum absolute atomic E-state index is 11.8. The van der Waals surface area contributed by atoms with Crippen molar-refractivity contribution in [2.45, 2.75) is 4.90 Å². The first kappa shape index (κ1) is 12.1. The third kappa shape index (κ3) is 2.48. The first-order valence-corrected chi connectivity index (χ1v) is 6.32. The van der Waals surface area contributed by atoms with Gasteiger partial charge in [-0.2, -0.15) is 0 Å². The second-order valence-electron chi connectivity index (χ2n) is 3.39. The third-order valence-electron chi connectivity index (χ3n) is 2.13. The molecule has 0 unspecified atom stereocenters. The monoisotopic (exact) mass is 267 g/mol. The van der Waals surface area contributed by atoms with E-state index in [0.717, 1.165) is 6.07 Å². The van der Waals surface area contributed by atoms with Crippen molar-refractivity contribution in [3.8, 4) is 0 Å². The lowest BCUT2D eigenvalue weighted by Gasteiger charge is -2.05. The van der Waals surface area contributed by atoms with E-state index in [2.05, 4.69) is 14.7 Å². The van der Waals surface area contributed by atoms with Gasteiger partial charge in [0.15, 0.2) is 0 Å². The molecule has 3 N–H and O–H groups in total. The maximum Gasteiger partial charge on any atom is 0.335 e. The van der Waals surface area contributed by atoms with E-state index >= 15 is 0 Å². The van der Waals surface area contributed by atoms with Crippen molar-refractivity contribution in [2.75, 3.05) is 4.72 Å². The summed E-state index contributed by atoms with van der Waals surface area (Å²) in [6, 6.07) is 3.80. The summed E-state index contributed by atoms with van der Waals surface area (Å²) < 4.78 is 25.8. The second kappa shape index (κ2) is 4.49. The maximum atomic E-state index is 11.8. The number of aromatic nitrogens is 2. The predicted molar refractivity (Wildman–Crippen MR) is 62.8 cm³/mol. The van der Waals surface area contributed by atoms with Crippen molar-refractivity contribution >= 4 is 21.8 Å². The number of carboxylic acids is 1. The first-order valence-electron chi connectivity index (χ1n) is 4.84. The van der Waals surface area contributed by atoms with Crippen molar-refractivity contribution in [1.82, 2.24) is 9.97 Å². The quantitative estimate of drug-likeness (QED) is 0.762. The van der Waals surface area contributed by atoms with E-state index in [-0.39, 0.29) is 16.3 Å². The van der Waals surface area contributed by atoms with E-state index in [9.17, 15) is 13.2 Å². The van der Waals surface area contributed by atoms with Gasteiger partial charge in [0.05, 0.1) is 5.56 Å². The minimum Gasteiger partial charge on any atom is -0.478 e. The van der Waals surface area contributed by atoms with Gasteiger partial charge in [-0.05, 0) is 18.2 Å². The molecule has 0 aliphatic rings. The Balaban J connectivity index is 2.30. The van der Waals surface area contributed by atoms with Crippen LogP contribution < -0.4 is 4.72 Å². The van der Waals surface area contributed by atoms with Crippen LogP contribution in [0, 0.1) is 0 Å². The van der Waals surface area contributed by atoms with Crippen LogP contribution in [0.4, 0.5) is 5.82 Å². The molecule has 0 radical (unpaired) electrons. The molecule has 0 saturated heterocycles. The molecule has 0 aliphatic heterocycles. The smallest absolute Gasteiger partial charge is 0.335 e. The Morgan fingerprint density at radius 3 is 2.78 bits per heavy atom. The van der Waals surface area contributed by atoms with E-state index in [1.54, 1.807) is 0 Å². The number of carbonyl (C=O) groups is 1. The Bertz CT molecular complexity index is 664. The minimum absolute atomic E-state index is 0.0447. The van der Waals surface area contributed by atoms with Crippen molar-refractivity contribution in [3.63, 3.8) is 0 Å². The second-order valence-corrected chi connectivity index (χ2v) is 5.07. The number of aromatic amines is 1.